The van der Waals surface area contributed by atoms with E-state index < -0.39 is 11.7 Å². The zero-order valence-electron chi connectivity index (χ0n) is 12.8. The highest BCUT2D eigenvalue weighted by atomic mass is 16.6. The lowest BCUT2D eigenvalue weighted by molar-refractivity contribution is 0.0191. The Hall–Kier alpha value is -1.84. The molecule has 0 saturated heterocycles. The predicted octanol–water partition coefficient (Wildman–Crippen LogP) is 3.51. The van der Waals surface area contributed by atoms with E-state index in [9.17, 15) is 9.59 Å². The van der Waals surface area contributed by atoms with Gasteiger partial charge in [-0.15, -0.1) is 0 Å². The Morgan fingerprint density at radius 1 is 1.15 bits per heavy atom. The normalized spacial score (nSPS) is 11.3. The minimum Gasteiger partial charge on any atom is -0.444 e. The summed E-state index contributed by atoms with van der Waals surface area (Å²) < 4.78 is 5.33. The topological polar surface area (TPSA) is 46.6 Å². The molecule has 1 rings (SSSR count). The van der Waals surface area contributed by atoms with Gasteiger partial charge in [0.05, 0.1) is 6.54 Å². The summed E-state index contributed by atoms with van der Waals surface area (Å²) in [7, 11) is 0. The van der Waals surface area contributed by atoms with Gasteiger partial charge in [-0.05, 0) is 34.6 Å². The van der Waals surface area contributed by atoms with Gasteiger partial charge in [-0.2, -0.15) is 0 Å². The summed E-state index contributed by atoms with van der Waals surface area (Å²) in [5, 5.41) is 0. The van der Waals surface area contributed by atoms with Crippen LogP contribution in [0.25, 0.3) is 0 Å². The van der Waals surface area contributed by atoms with Gasteiger partial charge < -0.3 is 4.74 Å². The molecule has 0 aliphatic heterocycles. The van der Waals surface area contributed by atoms with E-state index >= 15 is 0 Å². The summed E-state index contributed by atoms with van der Waals surface area (Å²) in [5.74, 6) is -0.0924. The zero-order chi connectivity index (χ0) is 15.3. The number of ketones is 1. The fourth-order valence-corrected chi connectivity index (χ4v) is 1.65. The lowest BCUT2D eigenvalue weighted by Gasteiger charge is -2.29. The van der Waals surface area contributed by atoms with Crippen molar-refractivity contribution in [3.05, 3.63) is 35.9 Å². The minimum atomic E-state index is -0.569. The van der Waals surface area contributed by atoms with Crippen molar-refractivity contribution < 1.29 is 14.3 Å². The number of carbonyl (C=O) groups is 2. The van der Waals surface area contributed by atoms with E-state index in [4.69, 9.17) is 4.74 Å². The molecule has 1 aromatic rings. The van der Waals surface area contributed by atoms with Crippen LogP contribution < -0.4 is 0 Å². The Kier molecular flexibility index (Phi) is 5.31. The first-order chi connectivity index (χ1) is 9.20. The summed E-state index contributed by atoms with van der Waals surface area (Å²) in [4.78, 5) is 25.7. The maximum atomic E-state index is 12.2. The van der Waals surface area contributed by atoms with Crippen LogP contribution in [0.15, 0.2) is 30.3 Å². The molecule has 0 aromatic heterocycles. The summed E-state index contributed by atoms with van der Waals surface area (Å²) in [6, 6.07) is 8.86. The van der Waals surface area contributed by atoms with Crippen molar-refractivity contribution in [1.29, 1.82) is 0 Å². The van der Waals surface area contributed by atoms with Crippen LogP contribution in [0, 0.1) is 0 Å². The number of hydrogen-bond acceptors (Lipinski definition) is 3. The average molecular weight is 277 g/mol. The van der Waals surface area contributed by atoms with Gasteiger partial charge in [0.2, 0.25) is 0 Å². The molecule has 1 aromatic carbocycles. The fourth-order valence-electron chi connectivity index (χ4n) is 1.65. The Labute approximate surface area is 120 Å². The molecule has 0 heterocycles. The van der Waals surface area contributed by atoms with Crippen molar-refractivity contribution in [3.63, 3.8) is 0 Å². The number of Topliss-reactive ketones (excluding diaryl/α,β-unsaturated/α-hetero) is 1. The molecule has 0 bridgehead atoms. The highest BCUT2D eigenvalue weighted by molar-refractivity contribution is 5.98. The van der Waals surface area contributed by atoms with Crippen LogP contribution in [0.3, 0.4) is 0 Å². The van der Waals surface area contributed by atoms with Crippen molar-refractivity contribution in [2.24, 2.45) is 0 Å². The third-order valence-electron chi connectivity index (χ3n) is 2.66. The summed E-state index contributed by atoms with van der Waals surface area (Å²) in [6.45, 7) is 9.17. The van der Waals surface area contributed by atoms with Crippen molar-refractivity contribution in [2.45, 2.75) is 46.3 Å². The Morgan fingerprint density at radius 3 is 2.15 bits per heavy atom. The first kappa shape index (κ1) is 16.2. The van der Waals surface area contributed by atoms with E-state index in [2.05, 4.69) is 0 Å². The van der Waals surface area contributed by atoms with Crippen LogP contribution in [0.5, 0.6) is 0 Å². The molecule has 20 heavy (non-hydrogen) atoms. The second-order valence-corrected chi connectivity index (χ2v) is 5.99. The molecule has 0 aliphatic rings. The molecule has 1 amide bonds. The standard InChI is InChI=1S/C16H23NO3/c1-12(2)17(15(19)20-16(3,4)5)11-14(18)13-9-7-6-8-10-13/h6-10,12H,11H2,1-5H3. The van der Waals surface area contributed by atoms with Crippen LogP contribution in [-0.2, 0) is 4.74 Å². The molecule has 0 N–H and O–H groups in total. The monoisotopic (exact) mass is 277 g/mol. The van der Waals surface area contributed by atoms with Gasteiger partial charge in [0.25, 0.3) is 0 Å². The van der Waals surface area contributed by atoms with E-state index in [1.54, 1.807) is 24.3 Å². The maximum absolute atomic E-state index is 12.2. The van der Waals surface area contributed by atoms with Gasteiger partial charge in [0.1, 0.15) is 5.60 Å². The number of rotatable bonds is 4. The van der Waals surface area contributed by atoms with Gasteiger partial charge in [0, 0.05) is 11.6 Å². The maximum Gasteiger partial charge on any atom is 0.410 e. The van der Waals surface area contributed by atoms with Gasteiger partial charge in [0.15, 0.2) is 5.78 Å². The highest BCUT2D eigenvalue weighted by Gasteiger charge is 2.26. The molecule has 0 saturated carbocycles. The number of carbonyl (C=O) groups excluding carboxylic acids is 2. The Morgan fingerprint density at radius 2 is 1.70 bits per heavy atom. The Bertz CT molecular complexity index is 460. The second-order valence-electron chi connectivity index (χ2n) is 5.99. The molecule has 0 fully saturated rings. The number of hydrogen-bond donors (Lipinski definition) is 0. The molecular weight excluding hydrogens is 254 g/mol. The molecular formula is C16H23NO3. The predicted molar refractivity (Wildman–Crippen MR) is 78.8 cm³/mol. The number of benzene rings is 1. The molecule has 0 radical (unpaired) electrons. The third kappa shape index (κ3) is 5.03. The van der Waals surface area contributed by atoms with Crippen LogP contribution >= 0.6 is 0 Å². The van der Waals surface area contributed by atoms with Crippen LogP contribution in [0.4, 0.5) is 4.79 Å². The third-order valence-corrected chi connectivity index (χ3v) is 2.66. The largest absolute Gasteiger partial charge is 0.444 e. The van der Waals surface area contributed by atoms with Crippen LogP contribution in [-0.4, -0.2) is 35.0 Å². The van der Waals surface area contributed by atoms with Crippen molar-refractivity contribution in [2.75, 3.05) is 6.54 Å². The summed E-state index contributed by atoms with van der Waals surface area (Å²) in [6.07, 6.45) is -0.461. The molecule has 0 spiro atoms. The molecule has 4 heteroatoms. The van der Waals surface area contributed by atoms with Crippen molar-refractivity contribution in [3.8, 4) is 0 Å². The Balaban J connectivity index is 2.78. The van der Waals surface area contributed by atoms with Crippen molar-refractivity contribution >= 4 is 11.9 Å². The number of nitrogens with zero attached hydrogens (tertiary/aromatic N) is 1. The lowest BCUT2D eigenvalue weighted by Crippen LogP contribution is -2.43. The molecule has 0 unspecified atom stereocenters. The fraction of sp³-hybridized carbons (Fsp3) is 0.500. The molecule has 4 nitrogen and oxygen atoms in total. The first-order valence-electron chi connectivity index (χ1n) is 6.78. The molecule has 110 valence electrons. The summed E-state index contributed by atoms with van der Waals surface area (Å²) in [5.41, 5.74) is 0.0294. The SMILES string of the molecule is CC(C)N(CC(=O)c1ccccc1)C(=O)OC(C)(C)C. The van der Waals surface area contributed by atoms with E-state index in [-0.39, 0.29) is 18.4 Å². The lowest BCUT2D eigenvalue weighted by atomic mass is 10.1. The van der Waals surface area contributed by atoms with Crippen LogP contribution in [0.1, 0.15) is 45.0 Å². The van der Waals surface area contributed by atoms with Gasteiger partial charge in [-0.25, -0.2) is 4.79 Å². The van der Waals surface area contributed by atoms with E-state index in [0.717, 1.165) is 0 Å². The van der Waals surface area contributed by atoms with E-state index in [1.165, 1.54) is 4.90 Å². The van der Waals surface area contributed by atoms with E-state index in [0.29, 0.717) is 5.56 Å². The van der Waals surface area contributed by atoms with Gasteiger partial charge >= 0.3 is 6.09 Å². The number of ether oxygens (including phenoxy) is 1. The van der Waals surface area contributed by atoms with Gasteiger partial charge in [-0.1, -0.05) is 30.3 Å². The first-order valence-corrected chi connectivity index (χ1v) is 6.78. The smallest absolute Gasteiger partial charge is 0.410 e. The molecule has 0 aliphatic carbocycles. The molecule has 0 atom stereocenters. The van der Waals surface area contributed by atoms with Crippen LogP contribution in [0.2, 0.25) is 0 Å². The van der Waals surface area contributed by atoms with Gasteiger partial charge in [-0.3, -0.25) is 9.69 Å². The average Bonchev–Trinajstić information content (AvgIpc) is 2.34. The minimum absolute atomic E-state index is 0.0244. The number of amides is 1. The van der Waals surface area contributed by atoms with Crippen molar-refractivity contribution in [1.82, 2.24) is 4.90 Å². The quantitative estimate of drug-likeness (QED) is 0.791. The highest BCUT2D eigenvalue weighted by Crippen LogP contribution is 2.13. The zero-order valence-corrected chi connectivity index (χ0v) is 12.8. The summed E-state index contributed by atoms with van der Waals surface area (Å²) >= 11 is 0. The van der Waals surface area contributed by atoms with E-state index in [1.807, 2.05) is 40.7 Å². The second kappa shape index (κ2) is 6.55.